The number of carbonyl (C=O) groups excluding carboxylic acids is 1. The van der Waals surface area contributed by atoms with Gasteiger partial charge in [-0.15, -0.1) is 0 Å². The summed E-state index contributed by atoms with van der Waals surface area (Å²) in [5.74, 6) is 0.692. The summed E-state index contributed by atoms with van der Waals surface area (Å²) in [6.07, 6.45) is 8.51. The Morgan fingerprint density at radius 3 is 2.73 bits per heavy atom. The maximum Gasteiger partial charge on any atom is 0.226 e. The van der Waals surface area contributed by atoms with Crippen LogP contribution in [0.15, 0.2) is 42.9 Å². The summed E-state index contributed by atoms with van der Waals surface area (Å²) in [6.45, 7) is 5.56. The Morgan fingerprint density at radius 1 is 1.08 bits per heavy atom. The summed E-state index contributed by atoms with van der Waals surface area (Å²) >= 11 is 0. The predicted molar refractivity (Wildman–Crippen MR) is 142 cm³/mol. The zero-order chi connectivity index (χ0) is 25.5. The molecule has 0 aliphatic carbocycles. The van der Waals surface area contributed by atoms with E-state index in [4.69, 9.17) is 4.98 Å². The number of hydrogen-bond donors (Lipinski definition) is 3. The van der Waals surface area contributed by atoms with Gasteiger partial charge in [-0.05, 0) is 49.1 Å². The maximum atomic E-state index is 15.2. The number of rotatable bonds is 5. The van der Waals surface area contributed by atoms with Gasteiger partial charge in [-0.25, -0.2) is 14.4 Å². The van der Waals surface area contributed by atoms with Crippen LogP contribution in [0, 0.1) is 11.7 Å². The van der Waals surface area contributed by atoms with Gasteiger partial charge in [0.2, 0.25) is 5.91 Å². The largest absolute Gasteiger partial charge is 0.355 e. The van der Waals surface area contributed by atoms with Crippen LogP contribution in [0.4, 0.5) is 15.9 Å². The number of halogens is 1. The molecule has 1 saturated heterocycles. The van der Waals surface area contributed by atoms with Crippen molar-refractivity contribution < 1.29 is 9.18 Å². The number of amides is 1. The van der Waals surface area contributed by atoms with E-state index < -0.39 is 5.82 Å². The summed E-state index contributed by atoms with van der Waals surface area (Å²) in [5.41, 5.74) is 4.32. The number of pyridine rings is 2. The fraction of sp³-hybridized carbons (Fsp3) is 0.296. The van der Waals surface area contributed by atoms with Crippen LogP contribution < -0.4 is 10.2 Å². The maximum absolute atomic E-state index is 15.2. The van der Waals surface area contributed by atoms with Gasteiger partial charge in [-0.2, -0.15) is 5.10 Å². The fourth-order valence-electron chi connectivity index (χ4n) is 4.75. The molecule has 188 valence electrons. The molecule has 1 fully saturated rings. The second-order valence-electron chi connectivity index (χ2n) is 9.72. The second kappa shape index (κ2) is 9.27. The van der Waals surface area contributed by atoms with Crippen molar-refractivity contribution in [1.29, 1.82) is 0 Å². The average Bonchev–Trinajstić information content (AvgIpc) is 3.53. The van der Waals surface area contributed by atoms with Crippen LogP contribution in [-0.2, 0) is 4.79 Å². The third-order valence-corrected chi connectivity index (χ3v) is 6.75. The first-order valence-corrected chi connectivity index (χ1v) is 12.5. The molecule has 0 unspecified atom stereocenters. The van der Waals surface area contributed by atoms with E-state index in [2.05, 4.69) is 35.4 Å². The number of nitrogens with one attached hydrogen (secondary N) is 3. The number of piperidine rings is 1. The van der Waals surface area contributed by atoms with Gasteiger partial charge in [0.1, 0.15) is 16.7 Å². The first-order valence-electron chi connectivity index (χ1n) is 12.5. The van der Waals surface area contributed by atoms with Gasteiger partial charge in [-0.3, -0.25) is 14.9 Å². The molecule has 9 nitrogen and oxygen atoms in total. The number of fused-ring (bicyclic) bond motifs is 2. The molecule has 0 saturated carbocycles. The molecule has 5 aromatic rings. The normalized spacial score (nSPS) is 14.1. The van der Waals surface area contributed by atoms with E-state index in [0.29, 0.717) is 33.7 Å². The number of benzene rings is 1. The molecule has 0 radical (unpaired) electrons. The standard InChI is InChI=1S/C27H27FN8O/c1-15(2)27(37)31-18-10-17(13-29-14-18)16-11-19-22(20(28)12-16)34-35-23(19)25-32-21-6-7-30-26(24(21)33-25)36-8-4-3-5-9-36/h6-7,10-15H,3-5,8-9H2,1-2H3,(H,31,37)(H,32,33)(H,34,35). The zero-order valence-corrected chi connectivity index (χ0v) is 20.7. The van der Waals surface area contributed by atoms with Crippen LogP contribution >= 0.6 is 0 Å². The Bertz CT molecular complexity index is 1620. The van der Waals surface area contributed by atoms with E-state index in [-0.39, 0.29) is 17.3 Å². The number of aromatic nitrogens is 6. The number of aromatic amines is 2. The summed E-state index contributed by atoms with van der Waals surface area (Å²) in [6, 6.07) is 6.96. The average molecular weight is 499 g/mol. The van der Waals surface area contributed by atoms with Crippen molar-refractivity contribution in [1.82, 2.24) is 30.1 Å². The van der Waals surface area contributed by atoms with Crippen LogP contribution in [0.5, 0.6) is 0 Å². The molecule has 0 spiro atoms. The number of carbonyl (C=O) groups is 1. The van der Waals surface area contributed by atoms with Crippen molar-refractivity contribution in [3.63, 3.8) is 0 Å². The Morgan fingerprint density at radius 2 is 1.92 bits per heavy atom. The highest BCUT2D eigenvalue weighted by atomic mass is 19.1. The van der Waals surface area contributed by atoms with Crippen molar-refractivity contribution >= 4 is 39.3 Å². The van der Waals surface area contributed by atoms with E-state index in [9.17, 15) is 4.79 Å². The van der Waals surface area contributed by atoms with Crippen LogP contribution in [0.25, 0.3) is 44.6 Å². The van der Waals surface area contributed by atoms with Crippen molar-refractivity contribution in [2.75, 3.05) is 23.3 Å². The van der Waals surface area contributed by atoms with Crippen LogP contribution in [0.1, 0.15) is 33.1 Å². The van der Waals surface area contributed by atoms with E-state index in [1.165, 1.54) is 12.5 Å². The Kier molecular flexibility index (Phi) is 5.78. The van der Waals surface area contributed by atoms with Crippen LogP contribution in [0.2, 0.25) is 0 Å². The topological polar surface area (TPSA) is 115 Å². The highest BCUT2D eigenvalue weighted by molar-refractivity contribution is 5.98. The number of hydrogen-bond acceptors (Lipinski definition) is 6. The number of H-pyrrole nitrogens is 2. The smallest absolute Gasteiger partial charge is 0.226 e. The monoisotopic (exact) mass is 498 g/mol. The lowest BCUT2D eigenvalue weighted by Gasteiger charge is -2.27. The van der Waals surface area contributed by atoms with Crippen molar-refractivity contribution in [2.24, 2.45) is 5.92 Å². The van der Waals surface area contributed by atoms with Crippen molar-refractivity contribution in [3.8, 4) is 22.6 Å². The highest BCUT2D eigenvalue weighted by Crippen LogP contribution is 2.34. The van der Waals surface area contributed by atoms with Gasteiger partial charge < -0.3 is 15.2 Å². The third-order valence-electron chi connectivity index (χ3n) is 6.75. The molecule has 1 aliphatic rings. The van der Waals surface area contributed by atoms with E-state index in [1.54, 1.807) is 24.7 Å². The minimum atomic E-state index is -0.460. The summed E-state index contributed by atoms with van der Waals surface area (Å²) in [7, 11) is 0. The molecule has 3 N–H and O–H groups in total. The lowest BCUT2D eigenvalue weighted by molar-refractivity contribution is -0.118. The molecule has 4 aromatic heterocycles. The minimum Gasteiger partial charge on any atom is -0.355 e. The van der Waals surface area contributed by atoms with Gasteiger partial charge in [0.25, 0.3) is 0 Å². The molecule has 5 heterocycles. The Balaban J connectivity index is 1.41. The van der Waals surface area contributed by atoms with Gasteiger partial charge >= 0.3 is 0 Å². The summed E-state index contributed by atoms with van der Waals surface area (Å²) < 4.78 is 15.2. The van der Waals surface area contributed by atoms with E-state index >= 15 is 4.39 Å². The molecule has 0 bridgehead atoms. The number of anilines is 2. The predicted octanol–water partition coefficient (Wildman–Crippen LogP) is 5.29. The van der Waals surface area contributed by atoms with Crippen LogP contribution in [0.3, 0.4) is 0 Å². The van der Waals surface area contributed by atoms with Gasteiger partial charge in [0.05, 0.1) is 17.4 Å². The molecule has 1 aromatic carbocycles. The van der Waals surface area contributed by atoms with Crippen LogP contribution in [-0.4, -0.2) is 49.1 Å². The lowest BCUT2D eigenvalue weighted by Crippen LogP contribution is -2.30. The lowest BCUT2D eigenvalue weighted by atomic mass is 10.0. The Labute approximate surface area is 212 Å². The van der Waals surface area contributed by atoms with Gasteiger partial charge in [0.15, 0.2) is 17.5 Å². The number of nitrogens with zero attached hydrogens (tertiary/aromatic N) is 5. The summed E-state index contributed by atoms with van der Waals surface area (Å²) in [4.78, 5) is 31.5. The first-order chi connectivity index (χ1) is 18.0. The first kappa shape index (κ1) is 23.1. The van der Waals surface area contributed by atoms with E-state index in [1.807, 2.05) is 26.0 Å². The van der Waals surface area contributed by atoms with E-state index in [0.717, 1.165) is 42.8 Å². The van der Waals surface area contributed by atoms with Crippen molar-refractivity contribution in [2.45, 2.75) is 33.1 Å². The molecule has 0 atom stereocenters. The molecule has 10 heteroatoms. The van der Waals surface area contributed by atoms with Gasteiger partial charge in [-0.1, -0.05) is 13.8 Å². The molecule has 6 rings (SSSR count). The minimum absolute atomic E-state index is 0.110. The molecule has 1 amide bonds. The quantitative estimate of drug-likeness (QED) is 0.303. The summed E-state index contributed by atoms with van der Waals surface area (Å²) in [5, 5.41) is 10.6. The Hall–Kier alpha value is -4.34. The second-order valence-corrected chi connectivity index (χ2v) is 9.72. The SMILES string of the molecule is CC(C)C(=O)Nc1cncc(-c2cc(F)c3n[nH]c(-c4nc5c(N6CCCCC6)nccc5[nH]4)c3c2)c1. The molecule has 1 aliphatic heterocycles. The molecule has 37 heavy (non-hydrogen) atoms. The fourth-order valence-corrected chi connectivity index (χ4v) is 4.75. The number of imidazole rings is 1. The zero-order valence-electron chi connectivity index (χ0n) is 20.7. The van der Waals surface area contributed by atoms with Gasteiger partial charge in [0, 0.05) is 42.4 Å². The molecular weight excluding hydrogens is 471 g/mol. The third kappa shape index (κ3) is 4.28. The highest BCUT2D eigenvalue weighted by Gasteiger charge is 2.21. The molecular formula is C27H27FN8O. The van der Waals surface area contributed by atoms with Crippen molar-refractivity contribution in [3.05, 3.63) is 48.7 Å².